The van der Waals surface area contributed by atoms with E-state index in [9.17, 15) is 49.6 Å². The summed E-state index contributed by atoms with van der Waals surface area (Å²) < 4.78 is 109. The molecule has 3 fully saturated rings. The number of Topliss-reactive ketones (excluding diaryl/α,β-unsaturated/α-hetero) is 1. The number of hydrogen-bond acceptors (Lipinski definition) is 6. The van der Waals surface area contributed by atoms with Crippen LogP contribution in [0.3, 0.4) is 0 Å². The van der Waals surface area contributed by atoms with Crippen LogP contribution >= 0.6 is 0 Å². The van der Waals surface area contributed by atoms with Crippen LogP contribution in [0.5, 0.6) is 0 Å². The lowest BCUT2D eigenvalue weighted by Gasteiger charge is -2.29. The van der Waals surface area contributed by atoms with E-state index in [1.165, 1.54) is 32.2 Å². The largest absolute Gasteiger partial charge is 0.435 e. The SMILES string of the molecule is Cc1cc(-c2cc(C(F)(F)F)nn2C)ccc1S(=O)(=O)[C@@H]1C[C@@H](C(=O)CC2(C#N)CC2)N(C(=O)C2(C(F)(F)F)CC2)C1. The molecule has 1 amide bonds. The zero-order chi connectivity index (χ0) is 31.0. The Morgan fingerprint density at radius 2 is 1.74 bits per heavy atom. The molecule has 1 aromatic heterocycles. The molecule has 2 atom stereocenters. The van der Waals surface area contributed by atoms with Gasteiger partial charge in [-0.05, 0) is 62.8 Å². The number of ketones is 1. The highest BCUT2D eigenvalue weighted by atomic mass is 32.2. The van der Waals surface area contributed by atoms with Crippen molar-refractivity contribution in [2.24, 2.45) is 17.9 Å². The first kappa shape index (κ1) is 30.1. The van der Waals surface area contributed by atoms with Gasteiger partial charge in [-0.1, -0.05) is 6.07 Å². The Kier molecular flexibility index (Phi) is 6.84. The van der Waals surface area contributed by atoms with E-state index in [1.54, 1.807) is 0 Å². The van der Waals surface area contributed by atoms with Gasteiger partial charge in [0.15, 0.2) is 21.3 Å². The van der Waals surface area contributed by atoms with Crippen LogP contribution in [0.4, 0.5) is 26.3 Å². The summed E-state index contributed by atoms with van der Waals surface area (Å²) in [5.41, 5.74) is -4.25. The highest BCUT2D eigenvalue weighted by molar-refractivity contribution is 7.92. The highest BCUT2D eigenvalue weighted by Crippen LogP contribution is 2.59. The van der Waals surface area contributed by atoms with Crippen molar-refractivity contribution in [3.63, 3.8) is 0 Å². The van der Waals surface area contributed by atoms with Crippen LogP contribution in [0.25, 0.3) is 11.3 Å². The van der Waals surface area contributed by atoms with E-state index in [2.05, 4.69) is 5.10 Å². The van der Waals surface area contributed by atoms with E-state index in [0.717, 1.165) is 15.6 Å². The van der Waals surface area contributed by atoms with E-state index in [0.29, 0.717) is 12.8 Å². The first-order chi connectivity index (χ1) is 19.3. The molecule has 226 valence electrons. The van der Waals surface area contributed by atoms with Crippen molar-refractivity contribution in [2.45, 2.75) is 74.0 Å². The number of halogens is 6. The molecule has 3 aliphatic rings. The van der Waals surface area contributed by atoms with Gasteiger partial charge in [0.1, 0.15) is 5.41 Å². The number of aromatic nitrogens is 2. The molecule has 42 heavy (non-hydrogen) atoms. The lowest BCUT2D eigenvalue weighted by molar-refractivity contribution is -0.199. The predicted octanol–water partition coefficient (Wildman–Crippen LogP) is 4.76. The fraction of sp³-hybridized carbons (Fsp3) is 0.556. The van der Waals surface area contributed by atoms with Crippen molar-refractivity contribution < 1.29 is 44.3 Å². The number of nitriles is 1. The van der Waals surface area contributed by atoms with Crippen LogP contribution in [0.2, 0.25) is 0 Å². The van der Waals surface area contributed by atoms with Crippen LogP contribution in [0, 0.1) is 29.1 Å². The molecule has 2 saturated carbocycles. The lowest BCUT2D eigenvalue weighted by atomic mass is 9.95. The standard InChI is InChI=1S/C27H26F6N4O4S/c1-15-9-16(18-11-22(26(28,29)30)35-36(18)2)3-4-21(15)42(40,41)17-10-19(20(38)12-24(14-34)5-6-24)37(13-17)23(39)25(7-8-25)27(31,32)33/h3-4,9,11,17,19H,5-8,10,12-13H2,1-2H3/t17-,19+/m1/s1. The van der Waals surface area contributed by atoms with Crippen molar-refractivity contribution in [1.29, 1.82) is 5.26 Å². The number of nitrogens with zero attached hydrogens (tertiary/aromatic N) is 4. The number of likely N-dealkylation sites (tertiary alicyclic amines) is 1. The monoisotopic (exact) mass is 616 g/mol. The quantitative estimate of drug-likeness (QED) is 0.415. The van der Waals surface area contributed by atoms with Crippen molar-refractivity contribution >= 4 is 21.5 Å². The minimum atomic E-state index is -4.87. The van der Waals surface area contributed by atoms with Crippen LogP contribution in [-0.2, 0) is 32.7 Å². The van der Waals surface area contributed by atoms with Gasteiger partial charge in [-0.2, -0.15) is 36.7 Å². The molecule has 5 rings (SSSR count). The average molecular weight is 617 g/mol. The molecule has 8 nitrogen and oxygen atoms in total. The number of hydrogen-bond donors (Lipinski definition) is 0. The number of rotatable bonds is 7. The third kappa shape index (κ3) is 4.97. The molecule has 1 aromatic carbocycles. The van der Waals surface area contributed by atoms with Crippen LogP contribution < -0.4 is 0 Å². The number of carbonyl (C=O) groups excluding carboxylic acids is 2. The predicted molar refractivity (Wildman–Crippen MR) is 134 cm³/mol. The summed E-state index contributed by atoms with van der Waals surface area (Å²) in [4.78, 5) is 27.0. The van der Waals surface area contributed by atoms with E-state index < -0.39 is 87.5 Å². The van der Waals surface area contributed by atoms with Gasteiger partial charge in [-0.3, -0.25) is 14.3 Å². The first-order valence-corrected chi connectivity index (χ1v) is 14.7. The Morgan fingerprint density at radius 1 is 1.10 bits per heavy atom. The van der Waals surface area contributed by atoms with Crippen molar-refractivity contribution in [3.05, 3.63) is 35.5 Å². The Balaban J connectivity index is 1.45. The van der Waals surface area contributed by atoms with Gasteiger partial charge in [0.25, 0.3) is 0 Å². The Labute approximate surface area is 237 Å². The Morgan fingerprint density at radius 3 is 2.21 bits per heavy atom. The third-order valence-electron chi connectivity index (χ3n) is 8.59. The maximum Gasteiger partial charge on any atom is 0.435 e. The summed E-state index contributed by atoms with van der Waals surface area (Å²) >= 11 is 0. The van der Waals surface area contributed by atoms with Crippen molar-refractivity contribution in [3.8, 4) is 17.3 Å². The molecule has 2 aliphatic carbocycles. The number of sulfone groups is 1. The van der Waals surface area contributed by atoms with Gasteiger partial charge in [-0.15, -0.1) is 0 Å². The van der Waals surface area contributed by atoms with E-state index in [1.807, 2.05) is 6.07 Å². The molecular weight excluding hydrogens is 590 g/mol. The molecular formula is C27H26F6N4O4S. The van der Waals surface area contributed by atoms with Gasteiger partial charge < -0.3 is 4.90 Å². The molecule has 1 aliphatic heterocycles. The lowest BCUT2D eigenvalue weighted by Crippen LogP contribution is -2.49. The first-order valence-electron chi connectivity index (χ1n) is 13.1. The summed E-state index contributed by atoms with van der Waals surface area (Å²) in [7, 11) is -3.02. The van der Waals surface area contributed by atoms with E-state index >= 15 is 0 Å². The molecule has 0 spiro atoms. The number of aryl methyl sites for hydroxylation is 2. The smallest absolute Gasteiger partial charge is 0.331 e. The van der Waals surface area contributed by atoms with Gasteiger partial charge in [0.05, 0.1) is 33.4 Å². The van der Waals surface area contributed by atoms with Crippen molar-refractivity contribution in [1.82, 2.24) is 14.7 Å². The van der Waals surface area contributed by atoms with Crippen LogP contribution in [0.1, 0.15) is 49.8 Å². The summed E-state index contributed by atoms with van der Waals surface area (Å²) in [6.45, 7) is 0.789. The number of alkyl halides is 6. The maximum atomic E-state index is 13.8. The fourth-order valence-electron chi connectivity index (χ4n) is 5.68. The molecule has 2 aromatic rings. The third-order valence-corrected chi connectivity index (χ3v) is 10.9. The second-order valence-electron chi connectivity index (χ2n) is 11.5. The zero-order valence-electron chi connectivity index (χ0n) is 22.5. The summed E-state index contributed by atoms with van der Waals surface area (Å²) in [5, 5.41) is 11.5. The summed E-state index contributed by atoms with van der Waals surface area (Å²) in [6, 6.07) is 5.27. The summed E-state index contributed by atoms with van der Waals surface area (Å²) in [6.07, 6.45) is -10.3. The second kappa shape index (κ2) is 9.55. The molecule has 0 bridgehead atoms. The minimum Gasteiger partial charge on any atom is -0.331 e. The molecule has 0 radical (unpaired) electrons. The van der Waals surface area contributed by atoms with Gasteiger partial charge in [0.2, 0.25) is 5.91 Å². The Hall–Kier alpha value is -3.41. The summed E-state index contributed by atoms with van der Waals surface area (Å²) in [5.74, 6) is -1.99. The molecule has 15 heteroatoms. The number of amides is 1. The molecule has 1 saturated heterocycles. The normalized spacial score (nSPS) is 23.0. The number of benzene rings is 1. The van der Waals surface area contributed by atoms with Crippen LogP contribution in [-0.4, -0.2) is 58.8 Å². The Bertz CT molecular complexity index is 1610. The van der Waals surface area contributed by atoms with E-state index in [4.69, 9.17) is 0 Å². The number of carbonyl (C=O) groups is 2. The second-order valence-corrected chi connectivity index (χ2v) is 13.7. The van der Waals surface area contributed by atoms with Gasteiger partial charge >= 0.3 is 12.4 Å². The highest BCUT2D eigenvalue weighted by Gasteiger charge is 2.70. The average Bonchev–Trinajstić information content (AvgIpc) is 3.77. The van der Waals surface area contributed by atoms with Crippen LogP contribution in [0.15, 0.2) is 29.2 Å². The van der Waals surface area contributed by atoms with Gasteiger partial charge in [0, 0.05) is 25.6 Å². The molecule has 0 N–H and O–H groups in total. The topological polar surface area (TPSA) is 113 Å². The maximum absolute atomic E-state index is 13.8. The molecule has 2 heterocycles. The van der Waals surface area contributed by atoms with E-state index in [-0.39, 0.29) is 28.1 Å². The minimum absolute atomic E-state index is 0.0750. The fourth-order valence-corrected chi connectivity index (χ4v) is 7.60. The zero-order valence-corrected chi connectivity index (χ0v) is 23.3. The van der Waals surface area contributed by atoms with Crippen molar-refractivity contribution in [2.75, 3.05) is 6.54 Å². The van der Waals surface area contributed by atoms with Gasteiger partial charge in [-0.25, -0.2) is 8.42 Å². The molecule has 0 unspecified atom stereocenters.